The Kier molecular flexibility index (Phi) is 3.02. The lowest BCUT2D eigenvalue weighted by atomic mass is 9.74. The minimum Gasteiger partial charge on any atom is -0.512 e. The number of likely N-dealkylation sites (N-methyl/N-ethyl adjacent to an activating group) is 1. The van der Waals surface area contributed by atoms with Gasteiger partial charge in [-0.3, -0.25) is 9.28 Å². The maximum Gasteiger partial charge on any atom is 0.169 e. The van der Waals surface area contributed by atoms with Gasteiger partial charge >= 0.3 is 0 Å². The molecule has 2 aromatic carbocycles. The van der Waals surface area contributed by atoms with Crippen molar-refractivity contribution in [2.45, 2.75) is 32.7 Å². The fourth-order valence-electron chi connectivity index (χ4n) is 4.64. The highest BCUT2D eigenvalue weighted by Gasteiger charge is 2.49. The van der Waals surface area contributed by atoms with Crippen molar-refractivity contribution in [1.82, 2.24) is 4.48 Å². The highest BCUT2D eigenvalue weighted by Crippen LogP contribution is 2.52. The Morgan fingerprint density at radius 1 is 1.08 bits per heavy atom. The van der Waals surface area contributed by atoms with E-state index < -0.39 is 0 Å². The van der Waals surface area contributed by atoms with Gasteiger partial charge in [0, 0.05) is 18.4 Å². The molecule has 0 spiro atoms. The maximum absolute atomic E-state index is 12.9. The van der Waals surface area contributed by atoms with Crippen LogP contribution in [0.2, 0.25) is 0 Å². The molecule has 4 rings (SSSR count). The Morgan fingerprint density at radius 2 is 1.75 bits per heavy atom. The second-order valence-corrected chi connectivity index (χ2v) is 8.47. The number of quaternary nitrogens is 1. The lowest BCUT2D eigenvalue weighted by Crippen LogP contribution is -2.45. The van der Waals surface area contributed by atoms with E-state index >= 15 is 0 Å². The van der Waals surface area contributed by atoms with E-state index in [0.29, 0.717) is 22.9 Å². The van der Waals surface area contributed by atoms with E-state index in [0.717, 1.165) is 5.56 Å². The molecule has 1 aliphatic heterocycles. The van der Waals surface area contributed by atoms with Gasteiger partial charge in [0.05, 0.1) is 25.1 Å². The molecule has 0 amide bonds. The minimum absolute atomic E-state index is 0.0877. The van der Waals surface area contributed by atoms with Gasteiger partial charge in [0.25, 0.3) is 0 Å². The van der Waals surface area contributed by atoms with E-state index in [9.17, 15) is 9.90 Å². The van der Waals surface area contributed by atoms with Crippen LogP contribution in [-0.4, -0.2) is 25.0 Å². The largest absolute Gasteiger partial charge is 0.512 e. The standard InChI is InChI=1S/C21H23NO2/c1-21(2)11-16(23)19(17(24)12-21)20-14-9-5-7-13-8-6-10-15(18(13)14)22(20,3)4/h5-10,20H,11-12H2,1-4H3/p+1/t20-/m1/s1. The van der Waals surface area contributed by atoms with Gasteiger partial charge < -0.3 is 5.11 Å². The number of hydrogen-bond acceptors (Lipinski definition) is 2. The van der Waals surface area contributed by atoms with Crippen LogP contribution in [0.15, 0.2) is 47.7 Å². The molecular formula is C21H24NO2+. The van der Waals surface area contributed by atoms with Crippen molar-refractivity contribution in [3.63, 3.8) is 0 Å². The third kappa shape index (κ3) is 1.97. The number of benzene rings is 2. The molecule has 1 atom stereocenters. The average molecular weight is 322 g/mol. The molecule has 0 radical (unpaired) electrons. The Bertz CT molecular complexity index is 900. The normalized spacial score (nSPS) is 24.7. The molecule has 3 nitrogen and oxygen atoms in total. The highest BCUT2D eigenvalue weighted by molar-refractivity contribution is 6.05. The molecule has 0 saturated heterocycles. The summed E-state index contributed by atoms with van der Waals surface area (Å²) in [5.41, 5.74) is 2.82. The van der Waals surface area contributed by atoms with Crippen LogP contribution in [0.25, 0.3) is 10.8 Å². The van der Waals surface area contributed by atoms with Crippen molar-refractivity contribution >= 4 is 22.2 Å². The molecule has 124 valence electrons. The van der Waals surface area contributed by atoms with Gasteiger partial charge in [0.2, 0.25) is 0 Å². The van der Waals surface area contributed by atoms with E-state index in [1.54, 1.807) is 0 Å². The van der Waals surface area contributed by atoms with Crippen LogP contribution in [0.3, 0.4) is 0 Å². The number of carbonyl (C=O) groups excluding carboxylic acids is 1. The maximum atomic E-state index is 12.9. The smallest absolute Gasteiger partial charge is 0.169 e. The van der Waals surface area contributed by atoms with Gasteiger partial charge in [0.1, 0.15) is 11.4 Å². The van der Waals surface area contributed by atoms with Crippen LogP contribution in [-0.2, 0) is 4.79 Å². The molecule has 1 N–H and O–H groups in total. The van der Waals surface area contributed by atoms with Gasteiger partial charge in [-0.1, -0.05) is 44.2 Å². The SMILES string of the molecule is CC1(C)CC(=O)C([C@H]2c3cccc4cccc(c34)[N+]2(C)C)=C(O)C1. The van der Waals surface area contributed by atoms with Crippen LogP contribution in [0.4, 0.5) is 5.69 Å². The summed E-state index contributed by atoms with van der Waals surface area (Å²) in [6, 6.07) is 12.5. The summed E-state index contributed by atoms with van der Waals surface area (Å²) >= 11 is 0. The molecule has 0 aromatic heterocycles. The summed E-state index contributed by atoms with van der Waals surface area (Å²) in [5.74, 6) is 0.363. The van der Waals surface area contributed by atoms with Crippen LogP contribution in [0.1, 0.15) is 38.3 Å². The van der Waals surface area contributed by atoms with E-state index in [2.05, 4.69) is 50.5 Å². The Labute approximate surface area is 142 Å². The van der Waals surface area contributed by atoms with Gasteiger partial charge in [0.15, 0.2) is 11.8 Å². The molecule has 24 heavy (non-hydrogen) atoms. The van der Waals surface area contributed by atoms with Crippen molar-refractivity contribution in [3.8, 4) is 0 Å². The Hall–Kier alpha value is -2.13. The van der Waals surface area contributed by atoms with Crippen molar-refractivity contribution < 1.29 is 9.90 Å². The van der Waals surface area contributed by atoms with E-state index in [1.165, 1.54) is 16.5 Å². The first-order valence-corrected chi connectivity index (χ1v) is 8.53. The summed E-state index contributed by atoms with van der Waals surface area (Å²) in [6.45, 7) is 4.09. The summed E-state index contributed by atoms with van der Waals surface area (Å²) in [4.78, 5) is 12.9. The van der Waals surface area contributed by atoms with E-state index in [-0.39, 0.29) is 23.0 Å². The van der Waals surface area contributed by atoms with E-state index in [4.69, 9.17) is 0 Å². The Morgan fingerprint density at radius 3 is 2.42 bits per heavy atom. The van der Waals surface area contributed by atoms with Crippen LogP contribution < -0.4 is 4.48 Å². The first-order valence-electron chi connectivity index (χ1n) is 8.53. The molecule has 1 aliphatic carbocycles. The van der Waals surface area contributed by atoms with E-state index in [1.807, 2.05) is 13.8 Å². The third-order valence-electron chi connectivity index (χ3n) is 5.65. The number of ketones is 1. The number of hydrogen-bond donors (Lipinski definition) is 1. The zero-order valence-electron chi connectivity index (χ0n) is 14.8. The number of aliphatic hydroxyl groups is 1. The number of Topliss-reactive ketones (excluding diaryl/α,β-unsaturated/α-hetero) is 1. The molecule has 0 bridgehead atoms. The molecule has 1 heterocycles. The minimum atomic E-state index is -0.167. The zero-order chi connectivity index (χ0) is 17.3. The van der Waals surface area contributed by atoms with Gasteiger partial charge in [-0.25, -0.2) is 0 Å². The zero-order valence-corrected chi connectivity index (χ0v) is 14.8. The van der Waals surface area contributed by atoms with Crippen LogP contribution >= 0.6 is 0 Å². The molecule has 0 fully saturated rings. The predicted octanol–water partition coefficient (Wildman–Crippen LogP) is 4.66. The lowest BCUT2D eigenvalue weighted by molar-refractivity contribution is -0.119. The monoisotopic (exact) mass is 322 g/mol. The van der Waals surface area contributed by atoms with Gasteiger partial charge in [-0.15, -0.1) is 0 Å². The van der Waals surface area contributed by atoms with Crippen molar-refractivity contribution in [2.75, 3.05) is 14.1 Å². The summed E-state index contributed by atoms with van der Waals surface area (Å²) in [5, 5.41) is 13.2. The number of allylic oxidation sites excluding steroid dienone is 1. The molecule has 3 heteroatoms. The van der Waals surface area contributed by atoms with Crippen molar-refractivity contribution in [2.24, 2.45) is 5.41 Å². The predicted molar refractivity (Wildman–Crippen MR) is 98.0 cm³/mol. The number of aliphatic hydroxyl groups excluding tert-OH is 1. The highest BCUT2D eigenvalue weighted by atomic mass is 16.3. The van der Waals surface area contributed by atoms with Crippen molar-refractivity contribution in [3.05, 3.63) is 53.3 Å². The van der Waals surface area contributed by atoms with Gasteiger partial charge in [-0.2, -0.15) is 0 Å². The Balaban J connectivity index is 1.98. The van der Waals surface area contributed by atoms with Gasteiger partial charge in [-0.05, 0) is 16.9 Å². The third-order valence-corrected chi connectivity index (χ3v) is 5.65. The molecular weight excluding hydrogens is 298 g/mol. The summed E-state index contributed by atoms with van der Waals surface area (Å²) in [6.07, 6.45) is 1.06. The first-order chi connectivity index (χ1) is 11.2. The number of rotatable bonds is 1. The van der Waals surface area contributed by atoms with Crippen LogP contribution in [0, 0.1) is 5.41 Å². The number of carbonyl (C=O) groups is 1. The second-order valence-electron chi connectivity index (χ2n) is 8.47. The molecule has 0 saturated carbocycles. The lowest BCUT2D eigenvalue weighted by Gasteiger charge is -2.37. The quantitative estimate of drug-likeness (QED) is 0.775. The second kappa shape index (κ2) is 4.70. The fraction of sp³-hybridized carbons (Fsp3) is 0.381. The molecule has 2 aliphatic rings. The first kappa shape index (κ1) is 15.4. The fourth-order valence-corrected chi connectivity index (χ4v) is 4.64. The average Bonchev–Trinajstić information content (AvgIpc) is 2.69. The topological polar surface area (TPSA) is 37.3 Å². The van der Waals surface area contributed by atoms with Crippen LogP contribution in [0.5, 0.6) is 0 Å². The summed E-state index contributed by atoms with van der Waals surface area (Å²) in [7, 11) is 4.26. The van der Waals surface area contributed by atoms with Crippen molar-refractivity contribution in [1.29, 1.82) is 0 Å². The molecule has 2 aromatic rings. The molecule has 0 unspecified atom stereocenters. The summed E-state index contributed by atoms with van der Waals surface area (Å²) < 4.78 is 0.572. The number of nitrogens with zero attached hydrogens (tertiary/aromatic N) is 1.